The van der Waals surface area contributed by atoms with Gasteiger partial charge in [-0.3, -0.25) is 9.89 Å². The van der Waals surface area contributed by atoms with Gasteiger partial charge in [0.25, 0.3) is 10.0 Å². The summed E-state index contributed by atoms with van der Waals surface area (Å²) in [5.41, 5.74) is 0. The lowest BCUT2D eigenvalue weighted by molar-refractivity contribution is -0.130. The fourth-order valence-electron chi connectivity index (χ4n) is 1.88. The molecule has 2 N–H and O–H groups in total. The third-order valence-corrected chi connectivity index (χ3v) is 4.22. The number of nitrogens with one attached hydrogen (secondary N) is 2. The van der Waals surface area contributed by atoms with Crippen molar-refractivity contribution in [3.63, 3.8) is 0 Å². The molecule has 2 heterocycles. The monoisotopic (exact) mass is 272 g/mol. The number of aromatic nitrogens is 2. The number of sulfonamides is 1. The van der Waals surface area contributed by atoms with Crippen LogP contribution in [-0.2, 0) is 14.8 Å². The molecule has 1 aliphatic rings. The van der Waals surface area contributed by atoms with Gasteiger partial charge >= 0.3 is 0 Å². The number of piperidine rings is 1. The van der Waals surface area contributed by atoms with E-state index >= 15 is 0 Å². The fraction of sp³-hybridized carbons (Fsp3) is 0.600. The summed E-state index contributed by atoms with van der Waals surface area (Å²) in [6, 6.07) is 1.34. The van der Waals surface area contributed by atoms with Crippen molar-refractivity contribution in [2.45, 2.75) is 24.3 Å². The SMILES string of the molecule is O=C(CNS(=O)(=O)c1ccn[nH]1)N1CCCCC1. The van der Waals surface area contributed by atoms with Crippen LogP contribution in [0.4, 0.5) is 0 Å². The number of carbonyl (C=O) groups excluding carboxylic acids is 1. The van der Waals surface area contributed by atoms with E-state index in [-0.39, 0.29) is 17.5 Å². The quantitative estimate of drug-likeness (QED) is 0.786. The molecule has 1 aromatic rings. The molecule has 1 saturated heterocycles. The molecular formula is C10H16N4O3S. The maximum atomic E-state index is 11.8. The summed E-state index contributed by atoms with van der Waals surface area (Å²) < 4.78 is 25.7. The Balaban J connectivity index is 1.89. The molecule has 1 aliphatic heterocycles. The number of likely N-dealkylation sites (tertiary alicyclic amines) is 1. The van der Waals surface area contributed by atoms with Crippen molar-refractivity contribution in [1.29, 1.82) is 0 Å². The Kier molecular flexibility index (Phi) is 3.97. The molecular weight excluding hydrogens is 256 g/mol. The highest BCUT2D eigenvalue weighted by Gasteiger charge is 2.20. The van der Waals surface area contributed by atoms with E-state index in [1.807, 2.05) is 0 Å². The van der Waals surface area contributed by atoms with E-state index in [0.29, 0.717) is 13.1 Å². The van der Waals surface area contributed by atoms with E-state index in [9.17, 15) is 13.2 Å². The van der Waals surface area contributed by atoms with Gasteiger partial charge in [-0.25, -0.2) is 13.1 Å². The predicted octanol–water partition coefficient (Wildman–Crippen LogP) is -0.300. The van der Waals surface area contributed by atoms with Crippen LogP contribution in [-0.4, -0.2) is 49.1 Å². The molecule has 0 aliphatic carbocycles. The number of hydrogen-bond acceptors (Lipinski definition) is 4. The molecule has 0 radical (unpaired) electrons. The molecule has 0 atom stereocenters. The lowest BCUT2D eigenvalue weighted by atomic mass is 10.1. The summed E-state index contributed by atoms with van der Waals surface area (Å²) in [5.74, 6) is -0.183. The van der Waals surface area contributed by atoms with E-state index in [0.717, 1.165) is 19.3 Å². The fourth-order valence-corrected chi connectivity index (χ4v) is 2.76. The highest BCUT2D eigenvalue weighted by molar-refractivity contribution is 7.89. The molecule has 2 rings (SSSR count). The minimum Gasteiger partial charge on any atom is -0.342 e. The van der Waals surface area contributed by atoms with Crippen LogP contribution < -0.4 is 4.72 Å². The average molecular weight is 272 g/mol. The Bertz CT molecular complexity index is 491. The van der Waals surface area contributed by atoms with Gasteiger partial charge in [-0.15, -0.1) is 0 Å². The van der Waals surface area contributed by atoms with E-state index in [2.05, 4.69) is 14.9 Å². The van der Waals surface area contributed by atoms with Gasteiger partial charge in [-0.2, -0.15) is 5.10 Å². The van der Waals surface area contributed by atoms with Gasteiger partial charge in [0.1, 0.15) is 0 Å². The molecule has 18 heavy (non-hydrogen) atoms. The van der Waals surface area contributed by atoms with Crippen molar-refractivity contribution in [3.05, 3.63) is 12.3 Å². The second kappa shape index (κ2) is 5.49. The van der Waals surface area contributed by atoms with Crippen LogP contribution in [0, 0.1) is 0 Å². The normalized spacial score (nSPS) is 16.8. The molecule has 100 valence electrons. The summed E-state index contributed by atoms with van der Waals surface area (Å²) in [5, 5.41) is 5.89. The maximum absolute atomic E-state index is 11.8. The molecule has 1 amide bonds. The van der Waals surface area contributed by atoms with Crippen LogP contribution in [0.1, 0.15) is 19.3 Å². The molecule has 0 unspecified atom stereocenters. The van der Waals surface area contributed by atoms with Gasteiger partial charge in [-0.1, -0.05) is 0 Å². The zero-order valence-corrected chi connectivity index (χ0v) is 10.7. The molecule has 1 aromatic heterocycles. The van der Waals surface area contributed by atoms with E-state index in [1.165, 1.54) is 12.3 Å². The summed E-state index contributed by atoms with van der Waals surface area (Å²) >= 11 is 0. The van der Waals surface area contributed by atoms with Gasteiger partial charge < -0.3 is 4.90 Å². The molecule has 0 aromatic carbocycles. The zero-order chi connectivity index (χ0) is 13.0. The van der Waals surface area contributed by atoms with Crippen LogP contribution in [0.15, 0.2) is 17.3 Å². The van der Waals surface area contributed by atoms with Crippen molar-refractivity contribution in [2.75, 3.05) is 19.6 Å². The van der Waals surface area contributed by atoms with Gasteiger partial charge in [0.05, 0.1) is 12.7 Å². The smallest absolute Gasteiger partial charge is 0.257 e. The van der Waals surface area contributed by atoms with Crippen LogP contribution in [0.3, 0.4) is 0 Å². The minimum absolute atomic E-state index is 0.0334. The Morgan fingerprint density at radius 1 is 1.39 bits per heavy atom. The number of hydrogen-bond donors (Lipinski definition) is 2. The van der Waals surface area contributed by atoms with Gasteiger partial charge in [0.15, 0.2) is 5.03 Å². The third kappa shape index (κ3) is 3.08. The first-order chi connectivity index (χ1) is 8.59. The van der Waals surface area contributed by atoms with Crippen molar-refractivity contribution in [2.24, 2.45) is 0 Å². The molecule has 7 nitrogen and oxygen atoms in total. The zero-order valence-electron chi connectivity index (χ0n) is 9.92. The number of amides is 1. The third-order valence-electron chi connectivity index (χ3n) is 2.89. The molecule has 0 saturated carbocycles. The Morgan fingerprint density at radius 3 is 2.72 bits per heavy atom. The highest BCUT2D eigenvalue weighted by atomic mass is 32.2. The topological polar surface area (TPSA) is 95.2 Å². The Labute approximate surface area is 106 Å². The minimum atomic E-state index is -3.67. The number of carbonyl (C=O) groups is 1. The van der Waals surface area contributed by atoms with Crippen molar-refractivity contribution < 1.29 is 13.2 Å². The molecule has 8 heteroatoms. The molecule has 0 spiro atoms. The molecule has 0 bridgehead atoms. The van der Waals surface area contributed by atoms with Gasteiger partial charge in [0, 0.05) is 13.1 Å². The van der Waals surface area contributed by atoms with Crippen molar-refractivity contribution >= 4 is 15.9 Å². The largest absolute Gasteiger partial charge is 0.342 e. The van der Waals surface area contributed by atoms with Crippen molar-refractivity contribution in [1.82, 2.24) is 19.8 Å². The van der Waals surface area contributed by atoms with Crippen LogP contribution in [0.5, 0.6) is 0 Å². The predicted molar refractivity (Wildman–Crippen MR) is 64.2 cm³/mol. The lowest BCUT2D eigenvalue weighted by Crippen LogP contribution is -2.42. The van der Waals surface area contributed by atoms with E-state index in [4.69, 9.17) is 0 Å². The number of rotatable bonds is 4. The number of aromatic amines is 1. The Hall–Kier alpha value is -1.41. The first-order valence-corrected chi connectivity index (χ1v) is 7.35. The number of nitrogens with zero attached hydrogens (tertiary/aromatic N) is 2. The maximum Gasteiger partial charge on any atom is 0.257 e. The van der Waals surface area contributed by atoms with E-state index < -0.39 is 10.0 Å². The van der Waals surface area contributed by atoms with E-state index in [1.54, 1.807) is 4.90 Å². The standard InChI is InChI=1S/C10H16N4O3S/c15-10(14-6-2-1-3-7-14)8-12-18(16,17)9-4-5-11-13-9/h4-5,12H,1-3,6-8H2,(H,11,13). The van der Waals surface area contributed by atoms with Crippen molar-refractivity contribution in [3.8, 4) is 0 Å². The summed E-state index contributed by atoms with van der Waals surface area (Å²) in [4.78, 5) is 13.5. The summed E-state index contributed by atoms with van der Waals surface area (Å²) in [7, 11) is -3.67. The summed E-state index contributed by atoms with van der Waals surface area (Å²) in [6.07, 6.45) is 4.45. The second-order valence-electron chi connectivity index (χ2n) is 4.19. The van der Waals surface area contributed by atoms with Crippen LogP contribution >= 0.6 is 0 Å². The Morgan fingerprint density at radius 2 is 2.11 bits per heavy atom. The van der Waals surface area contributed by atoms with Crippen LogP contribution in [0.25, 0.3) is 0 Å². The molecule has 1 fully saturated rings. The summed E-state index contributed by atoms with van der Waals surface area (Å²) in [6.45, 7) is 1.22. The van der Waals surface area contributed by atoms with Gasteiger partial charge in [0.2, 0.25) is 5.91 Å². The number of H-pyrrole nitrogens is 1. The lowest BCUT2D eigenvalue weighted by Gasteiger charge is -2.26. The first kappa shape index (κ1) is 13.0. The van der Waals surface area contributed by atoms with Gasteiger partial charge in [-0.05, 0) is 25.3 Å². The van der Waals surface area contributed by atoms with Crippen LogP contribution in [0.2, 0.25) is 0 Å². The first-order valence-electron chi connectivity index (χ1n) is 5.86. The second-order valence-corrected chi connectivity index (χ2v) is 5.92. The highest BCUT2D eigenvalue weighted by Crippen LogP contribution is 2.08. The average Bonchev–Trinajstić information content (AvgIpc) is 2.92.